The molecule has 3 aliphatic heterocycles. The maximum atomic E-state index is 14.1. The summed E-state index contributed by atoms with van der Waals surface area (Å²) in [5.41, 5.74) is 0.719. The van der Waals surface area contributed by atoms with Crippen molar-refractivity contribution in [1.82, 2.24) is 10.2 Å². The van der Waals surface area contributed by atoms with Gasteiger partial charge in [0.1, 0.15) is 29.6 Å². The summed E-state index contributed by atoms with van der Waals surface area (Å²) in [4.78, 5) is 56.4. The first kappa shape index (κ1) is 41.7. The number of amides is 3. The van der Waals surface area contributed by atoms with Gasteiger partial charge in [-0.2, -0.15) is 12.6 Å². The normalized spacial score (nSPS) is 32.2. The van der Waals surface area contributed by atoms with Crippen LogP contribution in [0.1, 0.15) is 91.7 Å². The van der Waals surface area contributed by atoms with Gasteiger partial charge in [0.05, 0.1) is 23.2 Å². The van der Waals surface area contributed by atoms with Crippen LogP contribution in [0.3, 0.4) is 0 Å². The number of hydrogen-bond donors (Lipinski definition) is 3. The number of nitrogens with zero attached hydrogens (tertiary/aromatic N) is 2. The molecule has 2 saturated heterocycles. The fourth-order valence-electron chi connectivity index (χ4n) is 6.84. The largest absolute Gasteiger partial charge is 0.457 e. The molecule has 0 saturated carbocycles. The Morgan fingerprint density at radius 1 is 1.23 bits per heavy atom. The minimum absolute atomic E-state index is 0.0791. The number of epoxide rings is 1. The van der Waals surface area contributed by atoms with Crippen LogP contribution < -0.4 is 10.2 Å². The van der Waals surface area contributed by atoms with Crippen LogP contribution in [0.15, 0.2) is 35.9 Å². The van der Waals surface area contributed by atoms with Crippen LogP contribution in [-0.4, -0.2) is 88.4 Å². The highest BCUT2D eigenvalue weighted by atomic mass is 35.5. The van der Waals surface area contributed by atoms with E-state index in [-0.39, 0.29) is 35.8 Å². The monoisotopic (exact) mass is 761 g/mol. The van der Waals surface area contributed by atoms with E-state index in [2.05, 4.69) is 17.9 Å². The summed E-state index contributed by atoms with van der Waals surface area (Å²) in [6.07, 6.45) is 4.52. The molecule has 4 rings (SSSR count). The molecule has 0 aromatic heterocycles. The van der Waals surface area contributed by atoms with E-state index in [0.717, 1.165) is 23.1 Å². The highest BCUT2D eigenvalue weighted by Crippen LogP contribution is 2.49. The third kappa shape index (κ3) is 9.72. The number of rotatable bonds is 6. The predicted octanol–water partition coefficient (Wildman–Crippen LogP) is 6.31. The number of aryl methyl sites for hydroxylation is 2. The number of hydrogen-bond acceptors (Lipinski definition) is 9. The predicted molar refractivity (Wildman–Crippen MR) is 204 cm³/mol. The molecule has 288 valence electrons. The SMILES string of the molecule is C/C1=C\C=C\[C@@H](C)[C@@]2(O)CC(OC(=O)N2)[C@@H](C)[C@@H]2O[C@@]2(C)[C@@H](OC(=O)[C@H](C)N(C)C(=O)CCC(C)(C)S)CC(=O)N(C)c2cc(cc(C)c2Cl)CC1. The molecule has 11 nitrogen and oxygen atoms in total. The van der Waals surface area contributed by atoms with Crippen molar-refractivity contribution in [2.75, 3.05) is 19.0 Å². The number of thiol groups is 1. The van der Waals surface area contributed by atoms with E-state index >= 15 is 0 Å². The van der Waals surface area contributed by atoms with Crippen molar-refractivity contribution >= 4 is 53.8 Å². The summed E-state index contributed by atoms with van der Waals surface area (Å²) in [6.45, 7) is 14.8. The van der Waals surface area contributed by atoms with E-state index in [0.29, 0.717) is 23.6 Å². The molecule has 2 fully saturated rings. The number of nitrogens with one attached hydrogen (secondary N) is 1. The Morgan fingerprint density at radius 2 is 1.90 bits per heavy atom. The number of likely N-dealkylation sites (N-methyl/N-ethyl adjacent to an activating group) is 1. The Balaban J connectivity index is 1.70. The summed E-state index contributed by atoms with van der Waals surface area (Å²) < 4.78 is 17.7. The van der Waals surface area contributed by atoms with Gasteiger partial charge in [0, 0.05) is 43.5 Å². The van der Waals surface area contributed by atoms with Crippen molar-refractivity contribution in [3.05, 3.63) is 52.1 Å². The first-order valence-electron chi connectivity index (χ1n) is 18.0. The molecule has 3 aliphatic rings. The lowest BCUT2D eigenvalue weighted by Crippen LogP contribution is -2.60. The zero-order valence-corrected chi connectivity index (χ0v) is 33.8. The topological polar surface area (TPSA) is 138 Å². The van der Waals surface area contributed by atoms with Gasteiger partial charge in [-0.05, 0) is 64.2 Å². The van der Waals surface area contributed by atoms with Crippen LogP contribution in [-0.2, 0) is 35.0 Å². The number of allylic oxidation sites excluding steroid dienone is 3. The third-order valence-corrected chi connectivity index (χ3v) is 11.7. The van der Waals surface area contributed by atoms with E-state index < -0.39 is 59.6 Å². The van der Waals surface area contributed by atoms with Gasteiger partial charge in [0.2, 0.25) is 11.8 Å². The van der Waals surface area contributed by atoms with Crippen LogP contribution in [0.25, 0.3) is 0 Å². The van der Waals surface area contributed by atoms with Gasteiger partial charge in [-0.3, -0.25) is 14.9 Å². The molecule has 3 heterocycles. The lowest BCUT2D eigenvalue weighted by Gasteiger charge is -2.41. The summed E-state index contributed by atoms with van der Waals surface area (Å²) in [6, 6.07) is 2.96. The van der Waals surface area contributed by atoms with Crippen molar-refractivity contribution in [3.63, 3.8) is 0 Å². The van der Waals surface area contributed by atoms with Crippen molar-refractivity contribution in [2.45, 2.75) is 134 Å². The van der Waals surface area contributed by atoms with E-state index in [1.807, 2.05) is 71.9 Å². The van der Waals surface area contributed by atoms with Crippen LogP contribution in [0.2, 0.25) is 5.02 Å². The number of alkyl carbamates (subject to hydrolysis) is 1. The lowest BCUT2D eigenvalue weighted by atomic mass is 9.82. The first-order valence-corrected chi connectivity index (χ1v) is 18.9. The molecule has 1 aromatic carbocycles. The number of carbonyl (C=O) groups excluding carboxylic acids is 4. The molecule has 1 aromatic rings. The first-order chi connectivity index (χ1) is 24.1. The van der Waals surface area contributed by atoms with E-state index in [9.17, 15) is 24.3 Å². The molecule has 13 heteroatoms. The molecular weight excluding hydrogens is 706 g/mol. The van der Waals surface area contributed by atoms with Crippen LogP contribution in [0.5, 0.6) is 0 Å². The summed E-state index contributed by atoms with van der Waals surface area (Å²) >= 11 is 11.3. The van der Waals surface area contributed by atoms with Crippen molar-refractivity contribution < 1.29 is 38.5 Å². The molecule has 3 amide bonds. The Bertz CT molecular complexity index is 1610. The number of carbonyl (C=O) groups is 4. The zero-order valence-electron chi connectivity index (χ0n) is 32.1. The second-order valence-electron chi connectivity index (χ2n) is 15.8. The maximum absolute atomic E-state index is 14.1. The minimum atomic E-state index is -1.59. The number of benzene rings is 1. The fraction of sp³-hybridized carbons (Fsp3) is 0.641. The van der Waals surface area contributed by atoms with Crippen molar-refractivity contribution in [2.24, 2.45) is 11.8 Å². The van der Waals surface area contributed by atoms with Crippen molar-refractivity contribution in [3.8, 4) is 0 Å². The van der Waals surface area contributed by atoms with Gasteiger partial charge in [0.25, 0.3) is 0 Å². The molecular formula is C39H56ClN3O8S. The van der Waals surface area contributed by atoms with Gasteiger partial charge < -0.3 is 29.1 Å². The maximum Gasteiger partial charge on any atom is 0.409 e. The molecule has 0 aliphatic carbocycles. The van der Waals surface area contributed by atoms with Crippen LogP contribution in [0.4, 0.5) is 10.5 Å². The van der Waals surface area contributed by atoms with Crippen molar-refractivity contribution in [1.29, 1.82) is 0 Å². The number of anilines is 1. The molecule has 2 N–H and O–H groups in total. The second-order valence-corrected chi connectivity index (χ2v) is 17.4. The number of esters is 1. The quantitative estimate of drug-likeness (QED) is 0.174. The second kappa shape index (κ2) is 16.1. The van der Waals surface area contributed by atoms with Gasteiger partial charge in [-0.15, -0.1) is 0 Å². The average molecular weight is 762 g/mol. The number of fused-ring (bicyclic) bond motifs is 5. The third-order valence-electron chi connectivity index (χ3n) is 10.9. The molecule has 52 heavy (non-hydrogen) atoms. The number of halogens is 1. The lowest BCUT2D eigenvalue weighted by molar-refractivity contribution is -0.162. The fourth-order valence-corrected chi connectivity index (χ4v) is 7.18. The smallest absolute Gasteiger partial charge is 0.409 e. The van der Waals surface area contributed by atoms with Crippen LogP contribution in [0, 0.1) is 18.8 Å². The highest BCUT2D eigenvalue weighted by molar-refractivity contribution is 7.81. The van der Waals surface area contributed by atoms with Gasteiger partial charge in [0.15, 0.2) is 0 Å². The summed E-state index contributed by atoms with van der Waals surface area (Å²) in [5, 5.41) is 14.7. The minimum Gasteiger partial charge on any atom is -0.457 e. The standard InChI is InChI=1S/C39H56ClN3O8S/c1-22-12-11-13-24(3)39(48)21-29(49-36(47)41-39)25(4)34-38(8,51-34)30(50-35(46)26(5)42(9)31(44)16-17-37(6,7)52)20-32(45)43(10)28-19-27(15-14-22)18-23(2)33(28)40/h11-13,18-19,24-26,29-30,34,48,52H,14-17,20-21H2,1-10H3,(H,41,47)/b13-11+,22-12+/t24-,25-,26+,29?,30+,34+,38+,39+/m1/s1. The number of aliphatic hydroxyl groups is 1. The molecule has 0 spiro atoms. The van der Waals surface area contributed by atoms with Gasteiger partial charge in [-0.25, -0.2) is 9.59 Å². The Kier molecular flexibility index (Phi) is 12.9. The Morgan fingerprint density at radius 3 is 2.56 bits per heavy atom. The van der Waals surface area contributed by atoms with E-state index in [1.165, 1.54) is 9.80 Å². The van der Waals surface area contributed by atoms with E-state index in [1.54, 1.807) is 27.9 Å². The molecule has 8 atom stereocenters. The highest BCUT2D eigenvalue weighted by Gasteiger charge is 2.64. The van der Waals surface area contributed by atoms with Gasteiger partial charge in [-0.1, -0.05) is 69.2 Å². The molecule has 4 bridgehead atoms. The summed E-state index contributed by atoms with van der Waals surface area (Å²) in [7, 11) is 3.18. The average Bonchev–Trinajstić information content (AvgIpc) is 3.76. The Labute approximate surface area is 318 Å². The number of ether oxygens (including phenoxy) is 3. The summed E-state index contributed by atoms with van der Waals surface area (Å²) in [5.74, 6) is -2.21. The zero-order chi connectivity index (χ0) is 38.9. The Hall–Kier alpha value is -3.06. The van der Waals surface area contributed by atoms with Gasteiger partial charge >= 0.3 is 12.1 Å². The van der Waals surface area contributed by atoms with E-state index in [4.69, 9.17) is 25.8 Å². The molecule has 0 radical (unpaired) electrons. The van der Waals surface area contributed by atoms with Crippen LogP contribution >= 0.6 is 24.2 Å². The molecule has 1 unspecified atom stereocenters.